The van der Waals surface area contributed by atoms with Crippen LogP contribution >= 0.6 is 0 Å². The van der Waals surface area contributed by atoms with E-state index in [1.165, 1.54) is 51.4 Å². The number of aliphatic hydroxyl groups excluding tert-OH is 1. The minimum Gasteiger partial charge on any atom is -0.393 e. The monoisotopic (exact) mass is 210 g/mol. The van der Waals surface area contributed by atoms with Crippen LogP contribution < -0.4 is 0 Å². The normalized spacial score (nSPS) is 38.4. The smallest absolute Gasteiger partial charge is 0.0568 e. The molecule has 2 saturated carbocycles. The van der Waals surface area contributed by atoms with Gasteiger partial charge < -0.3 is 5.11 Å². The molecule has 2 aliphatic rings. The van der Waals surface area contributed by atoms with Gasteiger partial charge in [0.1, 0.15) is 0 Å². The highest BCUT2D eigenvalue weighted by Crippen LogP contribution is 2.38. The van der Waals surface area contributed by atoms with Gasteiger partial charge in [-0.3, -0.25) is 0 Å². The Labute approximate surface area is 94.3 Å². The first kappa shape index (κ1) is 11.4. The predicted octanol–water partition coefficient (Wildman–Crippen LogP) is 3.75. The number of aliphatic hydroxyl groups is 1. The molecule has 0 aromatic heterocycles. The summed E-state index contributed by atoms with van der Waals surface area (Å²) in [6, 6.07) is 0. The summed E-state index contributed by atoms with van der Waals surface area (Å²) >= 11 is 0. The third kappa shape index (κ3) is 2.96. The third-order valence-electron chi connectivity index (χ3n) is 4.74. The summed E-state index contributed by atoms with van der Waals surface area (Å²) in [7, 11) is 0. The predicted molar refractivity (Wildman–Crippen MR) is 63.7 cm³/mol. The molecular weight excluding hydrogens is 184 g/mol. The van der Waals surface area contributed by atoms with Gasteiger partial charge >= 0.3 is 0 Å². The van der Waals surface area contributed by atoms with Gasteiger partial charge in [0.15, 0.2) is 0 Å². The molecule has 1 heteroatoms. The second kappa shape index (κ2) is 5.34. The molecule has 3 unspecified atom stereocenters. The van der Waals surface area contributed by atoms with E-state index in [-0.39, 0.29) is 6.10 Å². The van der Waals surface area contributed by atoms with E-state index in [9.17, 15) is 5.11 Å². The molecule has 0 amide bonds. The van der Waals surface area contributed by atoms with Crippen LogP contribution in [0, 0.1) is 17.8 Å². The number of hydrogen-bond acceptors (Lipinski definition) is 1. The van der Waals surface area contributed by atoms with Crippen molar-refractivity contribution < 1.29 is 5.11 Å². The molecule has 2 rings (SSSR count). The molecule has 0 aromatic carbocycles. The molecule has 88 valence electrons. The Morgan fingerprint density at radius 1 is 1.00 bits per heavy atom. The molecule has 15 heavy (non-hydrogen) atoms. The van der Waals surface area contributed by atoms with Crippen LogP contribution in [0.2, 0.25) is 0 Å². The van der Waals surface area contributed by atoms with Crippen molar-refractivity contribution in [1.82, 2.24) is 0 Å². The van der Waals surface area contributed by atoms with Crippen molar-refractivity contribution in [3.05, 3.63) is 0 Å². The van der Waals surface area contributed by atoms with Gasteiger partial charge in [0.25, 0.3) is 0 Å². The Kier molecular flexibility index (Phi) is 4.07. The van der Waals surface area contributed by atoms with Crippen molar-refractivity contribution in [2.24, 2.45) is 17.8 Å². The van der Waals surface area contributed by atoms with Gasteiger partial charge in [-0.1, -0.05) is 39.0 Å². The van der Waals surface area contributed by atoms with Crippen LogP contribution in [0.25, 0.3) is 0 Å². The van der Waals surface area contributed by atoms with Gasteiger partial charge in [-0.25, -0.2) is 0 Å². The van der Waals surface area contributed by atoms with E-state index in [2.05, 4.69) is 6.92 Å². The van der Waals surface area contributed by atoms with Crippen LogP contribution in [0.1, 0.15) is 64.7 Å². The molecule has 3 atom stereocenters. The zero-order chi connectivity index (χ0) is 10.7. The first-order valence-electron chi connectivity index (χ1n) is 6.97. The third-order valence-corrected chi connectivity index (χ3v) is 4.74. The van der Waals surface area contributed by atoms with E-state index >= 15 is 0 Å². The molecule has 0 bridgehead atoms. The van der Waals surface area contributed by atoms with Crippen LogP contribution in [-0.2, 0) is 0 Å². The van der Waals surface area contributed by atoms with E-state index in [1.54, 1.807) is 0 Å². The van der Waals surface area contributed by atoms with Crippen molar-refractivity contribution in [2.75, 3.05) is 0 Å². The Morgan fingerprint density at radius 3 is 2.40 bits per heavy atom. The van der Waals surface area contributed by atoms with E-state index in [0.29, 0.717) is 5.92 Å². The summed E-state index contributed by atoms with van der Waals surface area (Å²) in [5, 5.41) is 10.0. The SMILES string of the molecule is CCC1CCC(O)C(CC2CCCC2)C1. The minimum atomic E-state index is 0.0217. The molecular formula is C14H26O. The quantitative estimate of drug-likeness (QED) is 0.752. The molecule has 0 heterocycles. The Bertz CT molecular complexity index is 184. The first-order chi connectivity index (χ1) is 7.29. The van der Waals surface area contributed by atoms with Gasteiger partial charge in [0.05, 0.1) is 6.10 Å². The fourth-order valence-corrected chi connectivity index (χ4v) is 3.64. The molecule has 1 N–H and O–H groups in total. The summed E-state index contributed by atoms with van der Waals surface area (Å²) in [5.74, 6) is 2.48. The van der Waals surface area contributed by atoms with Crippen molar-refractivity contribution in [2.45, 2.75) is 70.8 Å². The number of rotatable bonds is 3. The maximum Gasteiger partial charge on any atom is 0.0568 e. The van der Waals surface area contributed by atoms with Gasteiger partial charge in [-0.05, 0) is 43.4 Å². The van der Waals surface area contributed by atoms with Crippen LogP contribution in [0.4, 0.5) is 0 Å². The van der Waals surface area contributed by atoms with Gasteiger partial charge in [-0.15, -0.1) is 0 Å². The molecule has 0 radical (unpaired) electrons. The highest BCUT2D eigenvalue weighted by molar-refractivity contribution is 4.82. The summed E-state index contributed by atoms with van der Waals surface area (Å²) in [6.07, 6.45) is 12.0. The second-order valence-electron chi connectivity index (χ2n) is 5.80. The van der Waals surface area contributed by atoms with Crippen molar-refractivity contribution >= 4 is 0 Å². The Balaban J connectivity index is 1.82. The Hall–Kier alpha value is -0.0400. The number of hydrogen-bond donors (Lipinski definition) is 1. The summed E-state index contributed by atoms with van der Waals surface area (Å²) in [5.41, 5.74) is 0. The molecule has 0 aromatic rings. The highest BCUT2D eigenvalue weighted by Gasteiger charge is 2.30. The first-order valence-corrected chi connectivity index (χ1v) is 6.97. The molecule has 0 spiro atoms. The lowest BCUT2D eigenvalue weighted by atomic mass is 9.74. The molecule has 2 aliphatic carbocycles. The van der Waals surface area contributed by atoms with Gasteiger partial charge in [0, 0.05) is 0 Å². The zero-order valence-corrected chi connectivity index (χ0v) is 10.1. The average molecular weight is 210 g/mol. The fraction of sp³-hybridized carbons (Fsp3) is 1.00. The fourth-order valence-electron chi connectivity index (χ4n) is 3.64. The lowest BCUT2D eigenvalue weighted by Gasteiger charge is -2.34. The van der Waals surface area contributed by atoms with Crippen molar-refractivity contribution in [3.63, 3.8) is 0 Å². The van der Waals surface area contributed by atoms with Gasteiger partial charge in [-0.2, -0.15) is 0 Å². The van der Waals surface area contributed by atoms with E-state index in [0.717, 1.165) is 18.3 Å². The summed E-state index contributed by atoms with van der Waals surface area (Å²) in [4.78, 5) is 0. The summed E-state index contributed by atoms with van der Waals surface area (Å²) < 4.78 is 0. The van der Waals surface area contributed by atoms with Crippen LogP contribution in [0.5, 0.6) is 0 Å². The molecule has 2 fully saturated rings. The second-order valence-corrected chi connectivity index (χ2v) is 5.80. The lowest BCUT2D eigenvalue weighted by molar-refractivity contribution is 0.0349. The molecule has 0 aliphatic heterocycles. The zero-order valence-electron chi connectivity index (χ0n) is 10.1. The van der Waals surface area contributed by atoms with Gasteiger partial charge in [0.2, 0.25) is 0 Å². The van der Waals surface area contributed by atoms with Crippen LogP contribution in [0.15, 0.2) is 0 Å². The largest absolute Gasteiger partial charge is 0.393 e. The maximum absolute atomic E-state index is 10.0. The van der Waals surface area contributed by atoms with Crippen LogP contribution in [0.3, 0.4) is 0 Å². The van der Waals surface area contributed by atoms with Crippen molar-refractivity contribution in [1.29, 1.82) is 0 Å². The van der Waals surface area contributed by atoms with E-state index < -0.39 is 0 Å². The molecule has 1 nitrogen and oxygen atoms in total. The summed E-state index contributed by atoms with van der Waals surface area (Å²) in [6.45, 7) is 2.30. The van der Waals surface area contributed by atoms with E-state index in [1.807, 2.05) is 0 Å². The average Bonchev–Trinajstić information content (AvgIpc) is 2.74. The topological polar surface area (TPSA) is 20.2 Å². The van der Waals surface area contributed by atoms with Crippen LogP contribution in [-0.4, -0.2) is 11.2 Å². The maximum atomic E-state index is 10.0. The lowest BCUT2D eigenvalue weighted by Crippen LogP contribution is -2.30. The highest BCUT2D eigenvalue weighted by atomic mass is 16.3. The minimum absolute atomic E-state index is 0.0217. The molecule has 0 saturated heterocycles. The standard InChI is InChI=1S/C14H26O/c1-2-11-7-8-14(15)13(9-11)10-12-5-3-4-6-12/h11-15H,2-10H2,1H3. The van der Waals surface area contributed by atoms with E-state index in [4.69, 9.17) is 0 Å². The Morgan fingerprint density at radius 2 is 1.73 bits per heavy atom. The van der Waals surface area contributed by atoms with Crippen molar-refractivity contribution in [3.8, 4) is 0 Å².